The summed E-state index contributed by atoms with van der Waals surface area (Å²) >= 11 is 0. The van der Waals surface area contributed by atoms with Gasteiger partial charge < -0.3 is 15.7 Å². The van der Waals surface area contributed by atoms with Crippen LogP contribution in [0.25, 0.3) is 0 Å². The maximum Gasteiger partial charge on any atom is 0.337 e. The second-order valence-corrected chi connectivity index (χ2v) is 5.08. The SMILES string of the molecule is Cc1cc(N(C)C2CCCC2)cc(C(=O)O)c1N. The van der Waals surface area contributed by atoms with Crippen molar-refractivity contribution in [2.75, 3.05) is 17.7 Å². The maximum atomic E-state index is 11.2. The van der Waals surface area contributed by atoms with Crippen LogP contribution < -0.4 is 10.6 Å². The Morgan fingerprint density at radius 2 is 2.00 bits per heavy atom. The smallest absolute Gasteiger partial charge is 0.337 e. The van der Waals surface area contributed by atoms with Crippen molar-refractivity contribution in [3.63, 3.8) is 0 Å². The topological polar surface area (TPSA) is 66.6 Å². The number of carboxylic acid groups (broad SMARTS) is 1. The molecule has 1 aliphatic carbocycles. The molecule has 18 heavy (non-hydrogen) atoms. The fourth-order valence-corrected chi connectivity index (χ4v) is 2.66. The van der Waals surface area contributed by atoms with E-state index in [9.17, 15) is 4.79 Å². The Morgan fingerprint density at radius 1 is 1.39 bits per heavy atom. The lowest BCUT2D eigenvalue weighted by atomic mass is 10.1. The standard InChI is InChI=1S/C14H20N2O2/c1-9-7-11(8-12(13(9)15)14(17)18)16(2)10-5-3-4-6-10/h7-8,10H,3-6,15H2,1-2H3,(H,17,18). The number of anilines is 2. The average molecular weight is 248 g/mol. The van der Waals surface area contributed by atoms with E-state index in [4.69, 9.17) is 10.8 Å². The number of benzene rings is 1. The van der Waals surface area contributed by atoms with Crippen molar-refractivity contribution in [3.05, 3.63) is 23.3 Å². The van der Waals surface area contributed by atoms with Gasteiger partial charge in [0, 0.05) is 24.5 Å². The van der Waals surface area contributed by atoms with Crippen molar-refractivity contribution in [1.29, 1.82) is 0 Å². The highest BCUT2D eigenvalue weighted by molar-refractivity contribution is 5.95. The second-order valence-electron chi connectivity index (χ2n) is 5.08. The largest absolute Gasteiger partial charge is 0.478 e. The molecule has 1 aromatic rings. The first-order chi connectivity index (χ1) is 8.50. The fraction of sp³-hybridized carbons (Fsp3) is 0.500. The zero-order valence-electron chi connectivity index (χ0n) is 10.9. The van der Waals surface area contributed by atoms with E-state index in [-0.39, 0.29) is 5.56 Å². The van der Waals surface area contributed by atoms with E-state index in [1.54, 1.807) is 6.07 Å². The van der Waals surface area contributed by atoms with Gasteiger partial charge in [-0.2, -0.15) is 0 Å². The third kappa shape index (κ3) is 2.28. The van der Waals surface area contributed by atoms with Crippen LogP contribution in [0, 0.1) is 6.92 Å². The number of nitrogens with two attached hydrogens (primary N) is 1. The Labute approximate surface area is 107 Å². The Morgan fingerprint density at radius 3 is 2.56 bits per heavy atom. The Balaban J connectivity index is 2.35. The van der Waals surface area contributed by atoms with E-state index in [1.165, 1.54) is 25.7 Å². The number of aromatic carboxylic acids is 1. The number of nitrogen functional groups attached to an aromatic ring is 1. The van der Waals surface area contributed by atoms with Gasteiger partial charge in [0.15, 0.2) is 0 Å². The molecule has 0 heterocycles. The zero-order chi connectivity index (χ0) is 13.3. The Hall–Kier alpha value is -1.71. The summed E-state index contributed by atoms with van der Waals surface area (Å²) in [5, 5.41) is 9.16. The highest BCUT2D eigenvalue weighted by atomic mass is 16.4. The monoisotopic (exact) mass is 248 g/mol. The molecule has 0 bridgehead atoms. The molecule has 4 nitrogen and oxygen atoms in total. The number of carboxylic acids is 1. The first kappa shape index (κ1) is 12.7. The molecule has 0 aromatic heterocycles. The molecule has 1 saturated carbocycles. The molecule has 0 atom stereocenters. The lowest BCUT2D eigenvalue weighted by molar-refractivity contribution is 0.0698. The van der Waals surface area contributed by atoms with E-state index in [1.807, 2.05) is 20.0 Å². The minimum absolute atomic E-state index is 0.204. The molecule has 0 aliphatic heterocycles. The quantitative estimate of drug-likeness (QED) is 0.807. The summed E-state index contributed by atoms with van der Waals surface area (Å²) in [5.74, 6) is -0.961. The normalized spacial score (nSPS) is 15.9. The van der Waals surface area contributed by atoms with Crippen molar-refractivity contribution < 1.29 is 9.90 Å². The summed E-state index contributed by atoms with van der Waals surface area (Å²) < 4.78 is 0. The molecular weight excluding hydrogens is 228 g/mol. The van der Waals surface area contributed by atoms with Gasteiger partial charge in [-0.15, -0.1) is 0 Å². The molecule has 2 rings (SSSR count). The van der Waals surface area contributed by atoms with Crippen LogP contribution in [-0.4, -0.2) is 24.2 Å². The van der Waals surface area contributed by atoms with Gasteiger partial charge in [0.1, 0.15) is 0 Å². The first-order valence-corrected chi connectivity index (χ1v) is 6.37. The molecule has 0 saturated heterocycles. The minimum atomic E-state index is -0.961. The summed E-state index contributed by atoms with van der Waals surface area (Å²) in [6.07, 6.45) is 4.88. The molecule has 0 amide bonds. The summed E-state index contributed by atoms with van der Waals surface area (Å²) in [6.45, 7) is 1.85. The van der Waals surface area contributed by atoms with Crippen LogP contribution >= 0.6 is 0 Å². The molecule has 98 valence electrons. The second kappa shape index (κ2) is 4.88. The molecular formula is C14H20N2O2. The summed E-state index contributed by atoms with van der Waals surface area (Å²) in [4.78, 5) is 13.4. The highest BCUT2D eigenvalue weighted by Crippen LogP contribution is 2.30. The van der Waals surface area contributed by atoms with Gasteiger partial charge in [0.05, 0.1) is 5.56 Å². The number of hydrogen-bond donors (Lipinski definition) is 2. The first-order valence-electron chi connectivity index (χ1n) is 6.37. The van der Waals surface area contributed by atoms with E-state index in [2.05, 4.69) is 4.90 Å². The van der Waals surface area contributed by atoms with Crippen molar-refractivity contribution in [3.8, 4) is 0 Å². The fourth-order valence-electron chi connectivity index (χ4n) is 2.66. The van der Waals surface area contributed by atoms with Crippen LogP contribution in [0.4, 0.5) is 11.4 Å². The summed E-state index contributed by atoms with van der Waals surface area (Å²) in [6, 6.07) is 4.18. The van der Waals surface area contributed by atoms with Crippen molar-refractivity contribution in [1.82, 2.24) is 0 Å². The van der Waals surface area contributed by atoms with E-state index < -0.39 is 5.97 Å². The molecule has 4 heteroatoms. The number of nitrogens with zero attached hydrogens (tertiary/aromatic N) is 1. The van der Waals surface area contributed by atoms with E-state index >= 15 is 0 Å². The third-order valence-electron chi connectivity index (χ3n) is 3.88. The predicted octanol–water partition coefficient (Wildman–Crippen LogP) is 2.65. The third-order valence-corrected chi connectivity index (χ3v) is 3.88. The van der Waals surface area contributed by atoms with Crippen LogP contribution in [0.5, 0.6) is 0 Å². The zero-order valence-corrected chi connectivity index (χ0v) is 10.9. The number of hydrogen-bond acceptors (Lipinski definition) is 3. The molecule has 1 aliphatic rings. The van der Waals surface area contributed by atoms with Crippen LogP contribution in [0.2, 0.25) is 0 Å². The summed E-state index contributed by atoms with van der Waals surface area (Å²) in [5.41, 5.74) is 8.16. The van der Waals surface area contributed by atoms with Gasteiger partial charge in [-0.25, -0.2) is 4.79 Å². The lowest BCUT2D eigenvalue weighted by Gasteiger charge is -2.27. The molecule has 1 aromatic carbocycles. The van der Waals surface area contributed by atoms with Gasteiger partial charge in [-0.3, -0.25) is 0 Å². The number of carbonyl (C=O) groups is 1. The molecule has 0 radical (unpaired) electrons. The van der Waals surface area contributed by atoms with Crippen LogP contribution in [0.15, 0.2) is 12.1 Å². The van der Waals surface area contributed by atoms with Gasteiger partial charge in [0.2, 0.25) is 0 Å². The molecule has 1 fully saturated rings. The summed E-state index contributed by atoms with van der Waals surface area (Å²) in [7, 11) is 2.03. The Kier molecular flexibility index (Phi) is 3.45. The highest BCUT2D eigenvalue weighted by Gasteiger charge is 2.21. The van der Waals surface area contributed by atoms with E-state index in [0.29, 0.717) is 11.7 Å². The predicted molar refractivity (Wildman–Crippen MR) is 73.2 cm³/mol. The van der Waals surface area contributed by atoms with Crippen molar-refractivity contribution >= 4 is 17.3 Å². The van der Waals surface area contributed by atoms with Crippen LogP contribution in [0.3, 0.4) is 0 Å². The van der Waals surface area contributed by atoms with Gasteiger partial charge in [-0.05, 0) is 37.5 Å². The maximum absolute atomic E-state index is 11.2. The van der Waals surface area contributed by atoms with E-state index in [0.717, 1.165) is 11.3 Å². The van der Waals surface area contributed by atoms with Crippen LogP contribution in [-0.2, 0) is 0 Å². The van der Waals surface area contributed by atoms with Crippen molar-refractivity contribution in [2.45, 2.75) is 38.6 Å². The molecule has 3 N–H and O–H groups in total. The van der Waals surface area contributed by atoms with Gasteiger partial charge >= 0.3 is 5.97 Å². The Bertz CT molecular complexity index is 465. The van der Waals surface area contributed by atoms with Crippen LogP contribution in [0.1, 0.15) is 41.6 Å². The average Bonchev–Trinajstić information content (AvgIpc) is 2.84. The lowest BCUT2D eigenvalue weighted by Crippen LogP contribution is -2.29. The minimum Gasteiger partial charge on any atom is -0.478 e. The van der Waals surface area contributed by atoms with Crippen molar-refractivity contribution in [2.24, 2.45) is 0 Å². The number of aryl methyl sites for hydroxylation is 1. The van der Waals surface area contributed by atoms with Gasteiger partial charge in [-0.1, -0.05) is 12.8 Å². The van der Waals surface area contributed by atoms with Gasteiger partial charge in [0.25, 0.3) is 0 Å². The molecule has 0 spiro atoms. The number of rotatable bonds is 3. The molecule has 0 unspecified atom stereocenters.